The predicted octanol–water partition coefficient (Wildman–Crippen LogP) is 5.63. The summed E-state index contributed by atoms with van der Waals surface area (Å²) in [7, 11) is 0. The summed E-state index contributed by atoms with van der Waals surface area (Å²) in [6, 6.07) is 14.5. The number of aryl methyl sites for hydroxylation is 1. The molecule has 0 bridgehead atoms. The zero-order chi connectivity index (χ0) is 32.1. The van der Waals surface area contributed by atoms with Crippen molar-refractivity contribution in [1.82, 2.24) is 0 Å². The Morgan fingerprint density at radius 3 is 1.98 bits per heavy atom. The topological polar surface area (TPSA) is 114 Å². The molecule has 10 heteroatoms. The molecule has 1 aliphatic heterocycles. The third-order valence-corrected chi connectivity index (χ3v) is 8.53. The van der Waals surface area contributed by atoms with Crippen LogP contribution in [-0.2, 0) is 49.3 Å². The van der Waals surface area contributed by atoms with E-state index in [1.165, 1.54) is 44.4 Å². The van der Waals surface area contributed by atoms with Crippen LogP contribution in [-0.4, -0.2) is 61.0 Å². The zero-order valence-electron chi connectivity index (χ0n) is 25.8. The van der Waals surface area contributed by atoms with E-state index in [1.807, 2.05) is 18.2 Å². The van der Waals surface area contributed by atoms with Gasteiger partial charge in [0, 0.05) is 32.2 Å². The lowest BCUT2D eigenvalue weighted by molar-refractivity contribution is -0.254. The highest BCUT2D eigenvalue weighted by atomic mass is 79.9. The molecule has 0 spiro atoms. The van der Waals surface area contributed by atoms with Crippen molar-refractivity contribution in [3.63, 3.8) is 0 Å². The van der Waals surface area contributed by atoms with Gasteiger partial charge in [0.2, 0.25) is 0 Å². The van der Waals surface area contributed by atoms with Gasteiger partial charge < -0.3 is 23.7 Å². The molecule has 0 saturated carbocycles. The lowest BCUT2D eigenvalue weighted by Crippen LogP contribution is -2.62. The van der Waals surface area contributed by atoms with Crippen LogP contribution in [0.15, 0.2) is 53.0 Å². The summed E-state index contributed by atoms with van der Waals surface area (Å²) in [4.78, 5) is 48.4. The van der Waals surface area contributed by atoms with E-state index in [0.717, 1.165) is 22.0 Å². The molecule has 0 N–H and O–H groups in total. The van der Waals surface area contributed by atoms with E-state index >= 15 is 0 Å². The molecule has 4 rings (SSSR count). The Balaban J connectivity index is 1.73. The first-order valence-electron chi connectivity index (χ1n) is 14.7. The maximum Gasteiger partial charge on any atom is 0.303 e. The second-order valence-corrected chi connectivity index (χ2v) is 12.4. The van der Waals surface area contributed by atoms with Gasteiger partial charge in [-0.2, -0.15) is 0 Å². The van der Waals surface area contributed by atoms with Crippen molar-refractivity contribution < 1.29 is 42.9 Å². The molecule has 44 heavy (non-hydrogen) atoms. The number of carbonyl (C=O) groups is 4. The molecule has 7 unspecified atom stereocenters. The number of halogens is 1. The number of esters is 4. The Labute approximate surface area is 266 Å². The van der Waals surface area contributed by atoms with Gasteiger partial charge in [0.25, 0.3) is 0 Å². The second-order valence-electron chi connectivity index (χ2n) is 11.5. The first-order chi connectivity index (χ1) is 20.8. The van der Waals surface area contributed by atoms with Crippen molar-refractivity contribution in [2.24, 2.45) is 5.92 Å². The van der Waals surface area contributed by atoms with Gasteiger partial charge >= 0.3 is 23.9 Å². The van der Waals surface area contributed by atoms with Crippen LogP contribution in [0.25, 0.3) is 5.57 Å². The highest BCUT2D eigenvalue weighted by Crippen LogP contribution is 2.45. The van der Waals surface area contributed by atoms with Gasteiger partial charge in [-0.3, -0.25) is 19.2 Å². The largest absolute Gasteiger partial charge is 0.463 e. The fourth-order valence-corrected chi connectivity index (χ4v) is 6.57. The lowest BCUT2D eigenvalue weighted by Gasteiger charge is -2.46. The van der Waals surface area contributed by atoms with Gasteiger partial charge in [-0.15, -0.1) is 0 Å². The number of fused-ring (bicyclic) bond motifs is 1. The van der Waals surface area contributed by atoms with Gasteiger partial charge in [-0.1, -0.05) is 59.3 Å². The molecule has 2 aromatic rings. The third-order valence-electron chi connectivity index (χ3n) is 8.01. The smallest absolute Gasteiger partial charge is 0.303 e. The predicted molar refractivity (Wildman–Crippen MR) is 165 cm³/mol. The summed E-state index contributed by atoms with van der Waals surface area (Å²) in [6.45, 7) is 8.93. The van der Waals surface area contributed by atoms with E-state index in [-0.39, 0.29) is 18.4 Å². The number of rotatable bonds is 9. The van der Waals surface area contributed by atoms with Crippen LogP contribution in [0.4, 0.5) is 0 Å². The molecule has 9 nitrogen and oxygen atoms in total. The SMILES string of the molecule is CC(=O)OCC1OC(CC2c3cccc(C)c3C(Cc3ccc(Br)cc3)=CC2C)C(OC(C)=O)C(OC(C)=O)C1OC(C)=O. The van der Waals surface area contributed by atoms with Crippen molar-refractivity contribution in [2.45, 2.75) is 90.8 Å². The Morgan fingerprint density at radius 2 is 1.39 bits per heavy atom. The molecule has 0 amide bonds. The van der Waals surface area contributed by atoms with E-state index in [2.05, 4.69) is 60.1 Å². The maximum absolute atomic E-state index is 12.3. The van der Waals surface area contributed by atoms with Crippen molar-refractivity contribution in [3.8, 4) is 0 Å². The van der Waals surface area contributed by atoms with Crippen LogP contribution in [0.3, 0.4) is 0 Å². The highest BCUT2D eigenvalue weighted by molar-refractivity contribution is 9.10. The molecule has 7 atom stereocenters. The lowest BCUT2D eigenvalue weighted by atomic mass is 9.71. The molecule has 1 fully saturated rings. The first kappa shape index (κ1) is 33.4. The maximum atomic E-state index is 12.3. The third kappa shape index (κ3) is 8.15. The minimum absolute atomic E-state index is 0.0562. The number of allylic oxidation sites excluding steroid dienone is 2. The Bertz CT molecular complexity index is 1420. The molecule has 1 saturated heterocycles. The molecular weight excluding hydrogens is 632 g/mol. The van der Waals surface area contributed by atoms with E-state index in [1.54, 1.807) is 0 Å². The van der Waals surface area contributed by atoms with Gasteiger partial charge in [0.05, 0.1) is 6.10 Å². The molecule has 0 aromatic heterocycles. The number of carbonyl (C=O) groups excluding carboxylic acids is 4. The van der Waals surface area contributed by atoms with Gasteiger partial charge in [-0.05, 0) is 71.6 Å². The molecule has 1 heterocycles. The van der Waals surface area contributed by atoms with Crippen LogP contribution >= 0.6 is 15.9 Å². The average molecular weight is 672 g/mol. The van der Waals surface area contributed by atoms with Crippen molar-refractivity contribution in [3.05, 3.63) is 75.3 Å². The summed E-state index contributed by atoms with van der Waals surface area (Å²) < 4.78 is 29.7. The number of hydrogen-bond donors (Lipinski definition) is 0. The van der Waals surface area contributed by atoms with Crippen molar-refractivity contribution in [2.75, 3.05) is 6.61 Å². The van der Waals surface area contributed by atoms with Crippen LogP contribution in [0.1, 0.15) is 69.2 Å². The zero-order valence-corrected chi connectivity index (χ0v) is 27.4. The second kappa shape index (κ2) is 14.5. The van der Waals surface area contributed by atoms with Crippen molar-refractivity contribution >= 4 is 45.4 Å². The number of ether oxygens (including phenoxy) is 5. The Hall–Kier alpha value is -3.50. The summed E-state index contributed by atoms with van der Waals surface area (Å²) in [6.07, 6.45) is -1.75. The summed E-state index contributed by atoms with van der Waals surface area (Å²) in [5, 5.41) is 0. The van der Waals surface area contributed by atoms with E-state index in [4.69, 9.17) is 23.7 Å². The molecule has 2 aliphatic rings. The fraction of sp³-hybridized carbons (Fsp3) is 0.471. The van der Waals surface area contributed by atoms with Crippen molar-refractivity contribution in [1.29, 1.82) is 0 Å². The summed E-state index contributed by atoms with van der Waals surface area (Å²) >= 11 is 3.51. The van der Waals surface area contributed by atoms with Gasteiger partial charge in [-0.25, -0.2) is 0 Å². The van der Waals surface area contributed by atoms with Crippen LogP contribution in [0.2, 0.25) is 0 Å². The van der Waals surface area contributed by atoms with Crippen LogP contribution in [0, 0.1) is 12.8 Å². The molecule has 2 aromatic carbocycles. The van der Waals surface area contributed by atoms with Gasteiger partial charge in [0.15, 0.2) is 18.3 Å². The molecule has 236 valence electrons. The molecular formula is C34H39BrO9. The van der Waals surface area contributed by atoms with Crippen LogP contribution in [0.5, 0.6) is 0 Å². The highest BCUT2D eigenvalue weighted by Gasteiger charge is 2.52. The summed E-state index contributed by atoms with van der Waals surface area (Å²) in [5.74, 6) is -2.45. The minimum Gasteiger partial charge on any atom is -0.463 e. The van der Waals surface area contributed by atoms with E-state index in [0.29, 0.717) is 6.42 Å². The Morgan fingerprint density at radius 1 is 0.795 bits per heavy atom. The van der Waals surface area contributed by atoms with Crippen LogP contribution < -0.4 is 0 Å². The fourth-order valence-electron chi connectivity index (χ4n) is 6.31. The monoisotopic (exact) mass is 670 g/mol. The first-order valence-corrected chi connectivity index (χ1v) is 15.5. The average Bonchev–Trinajstić information content (AvgIpc) is 2.93. The Kier molecular flexibility index (Phi) is 11.0. The minimum atomic E-state index is -1.18. The van der Waals surface area contributed by atoms with E-state index in [9.17, 15) is 19.2 Å². The summed E-state index contributed by atoms with van der Waals surface area (Å²) in [5.41, 5.74) is 5.87. The standard InChI is InChI=1S/C34H39BrO9/c1-18-8-7-9-27-28(19(2)14-25(31(18)27)15-24-10-12-26(35)13-11-24)16-29-32(41-21(4)37)34(43-23(6)39)33(42-22(5)38)30(44-29)17-40-20(3)36/h7-14,19,28-30,32-34H,15-17H2,1-6H3. The molecule has 0 radical (unpaired) electrons. The molecule has 1 aliphatic carbocycles. The number of benzene rings is 2. The quantitative estimate of drug-likeness (QED) is 0.247. The van der Waals surface area contributed by atoms with Gasteiger partial charge in [0.1, 0.15) is 12.7 Å². The normalized spacial score (nSPS) is 26.1. The van der Waals surface area contributed by atoms with E-state index < -0.39 is 54.4 Å². The number of hydrogen-bond acceptors (Lipinski definition) is 9.